The van der Waals surface area contributed by atoms with E-state index in [0.29, 0.717) is 12.8 Å². The van der Waals surface area contributed by atoms with Gasteiger partial charge in [0, 0.05) is 18.5 Å². The van der Waals surface area contributed by atoms with Gasteiger partial charge in [-0.3, -0.25) is 4.79 Å². The minimum absolute atomic E-state index is 0.00184. The van der Waals surface area contributed by atoms with Crippen LogP contribution < -0.4 is 4.72 Å². The number of hydrogen-bond donors (Lipinski definition) is 2. The molecule has 0 aromatic carbocycles. The zero-order chi connectivity index (χ0) is 23.5. The molecule has 2 saturated carbocycles. The molecule has 2 aliphatic heterocycles. The molecule has 6 unspecified atom stereocenters. The van der Waals surface area contributed by atoms with Crippen LogP contribution in [0.1, 0.15) is 25.7 Å². The van der Waals surface area contributed by atoms with Gasteiger partial charge in [-0.25, -0.2) is 17.5 Å². The smallest absolute Gasteiger partial charge is 0.304 e. The highest BCUT2D eigenvalue weighted by Crippen LogP contribution is 2.48. The van der Waals surface area contributed by atoms with Gasteiger partial charge in [0.1, 0.15) is 6.17 Å². The highest BCUT2D eigenvalue weighted by atomic mass is 32.2. The second kappa shape index (κ2) is 8.38. The molecule has 1 aromatic rings. The van der Waals surface area contributed by atoms with E-state index in [1.807, 2.05) is 10.8 Å². The summed E-state index contributed by atoms with van der Waals surface area (Å²) in [5, 5.41) is 13.9. The first-order valence-electron chi connectivity index (χ1n) is 10.9. The quantitative estimate of drug-likeness (QED) is 0.569. The van der Waals surface area contributed by atoms with Gasteiger partial charge < -0.3 is 5.11 Å². The summed E-state index contributed by atoms with van der Waals surface area (Å²) in [6.45, 7) is 0.0479. The number of alkyl halides is 1. The monoisotopic (exact) mass is 519 g/mol. The highest BCUT2D eigenvalue weighted by Gasteiger charge is 2.54. The minimum atomic E-state index is -4.16. The van der Waals surface area contributed by atoms with E-state index in [9.17, 15) is 26.7 Å². The summed E-state index contributed by atoms with van der Waals surface area (Å²) in [5.74, 6) is -1.28. The number of aliphatic hydroxyl groups excluding tert-OH is 1. The number of carbonyl (C=O) groups excluding carboxylic acids is 1. The summed E-state index contributed by atoms with van der Waals surface area (Å²) in [6.07, 6.45) is 1.30. The van der Waals surface area contributed by atoms with Crippen LogP contribution in [0.2, 0.25) is 0 Å². The lowest BCUT2D eigenvalue weighted by atomic mass is 9.63. The maximum Gasteiger partial charge on any atom is 0.304 e. The van der Waals surface area contributed by atoms with Crippen molar-refractivity contribution < 1.29 is 31.1 Å². The van der Waals surface area contributed by atoms with E-state index in [2.05, 4.69) is 0 Å². The number of hydrogen-bond acceptors (Lipinski definition) is 7. The predicted octanol–water partition coefficient (Wildman–Crippen LogP) is 0.859. The molecule has 0 spiro atoms. The second-order valence-corrected chi connectivity index (χ2v) is 13.6. The first-order chi connectivity index (χ1) is 15.6. The molecule has 33 heavy (non-hydrogen) atoms. The maximum absolute atomic E-state index is 15.7. The van der Waals surface area contributed by atoms with Crippen LogP contribution in [0.3, 0.4) is 0 Å². The summed E-state index contributed by atoms with van der Waals surface area (Å²) in [5.41, 5.74) is 0.966. The summed E-state index contributed by atoms with van der Waals surface area (Å²) >= 11 is 1.32. The molecule has 0 bridgehead atoms. The highest BCUT2D eigenvalue weighted by molar-refractivity contribution is 7.89. The normalized spacial score (nSPS) is 37.5. The lowest BCUT2D eigenvalue weighted by molar-refractivity contribution is -0.119. The van der Waals surface area contributed by atoms with Gasteiger partial charge in [0.15, 0.2) is 0 Å². The van der Waals surface area contributed by atoms with Crippen molar-refractivity contribution >= 4 is 37.5 Å². The van der Waals surface area contributed by atoms with Gasteiger partial charge in [-0.2, -0.15) is 28.4 Å². The average Bonchev–Trinajstić information content (AvgIpc) is 3.49. The van der Waals surface area contributed by atoms with Crippen LogP contribution >= 0.6 is 11.3 Å². The molecule has 3 heterocycles. The first-order valence-corrected chi connectivity index (χ1v) is 14.8. The molecule has 4 aliphatic rings. The number of rotatable bonds is 4. The van der Waals surface area contributed by atoms with Crippen molar-refractivity contribution in [3.05, 3.63) is 28.5 Å². The number of sulfonamides is 1. The number of fused-ring (bicyclic) bond motifs is 1. The van der Waals surface area contributed by atoms with Crippen molar-refractivity contribution in [2.45, 2.75) is 48.9 Å². The first kappa shape index (κ1) is 23.4. The summed E-state index contributed by atoms with van der Waals surface area (Å²) < 4.78 is 70.0. The Morgan fingerprint density at radius 3 is 2.67 bits per heavy atom. The van der Waals surface area contributed by atoms with Crippen LogP contribution in [-0.4, -0.2) is 74.4 Å². The van der Waals surface area contributed by atoms with Gasteiger partial charge in [0.05, 0.1) is 23.6 Å². The summed E-state index contributed by atoms with van der Waals surface area (Å²) in [7, 11) is -7.74. The standard InChI is InChI=1S/C20H26FN3O6S3/c21-19-16-7-12(14-3-5-23(9-14)32(27,28)15-4-6-31-11-15)1-2-13(16)8-17(25)20(19)24-10-18(26)22-33(24,29)30/h3-4,6,11-13,16-17,19-20,25H,1-2,5,7-10H2,(H,22,26). The molecular weight excluding hydrogens is 493 g/mol. The lowest BCUT2D eigenvalue weighted by Gasteiger charge is -2.48. The Morgan fingerprint density at radius 1 is 1.21 bits per heavy atom. The molecule has 182 valence electrons. The SMILES string of the molecule is O=C1CN(C2C(O)CC3CCC(C4=CCN(S(=O)(=O)c5ccsc5)C4)CC3C2F)S(=O)(=O)N1. The molecule has 6 atom stereocenters. The second-order valence-electron chi connectivity index (χ2n) is 9.28. The molecular formula is C20H26FN3O6S3. The van der Waals surface area contributed by atoms with Gasteiger partial charge in [-0.1, -0.05) is 11.6 Å². The molecule has 5 rings (SSSR count). The van der Waals surface area contributed by atoms with Crippen LogP contribution in [0.25, 0.3) is 0 Å². The average molecular weight is 520 g/mol. The third-order valence-electron chi connectivity index (χ3n) is 7.48. The number of thiophene rings is 1. The molecule has 2 aliphatic carbocycles. The van der Waals surface area contributed by atoms with Crippen LogP contribution in [0.15, 0.2) is 33.4 Å². The van der Waals surface area contributed by atoms with E-state index in [4.69, 9.17) is 0 Å². The van der Waals surface area contributed by atoms with E-state index in [1.54, 1.807) is 16.8 Å². The molecule has 1 amide bonds. The largest absolute Gasteiger partial charge is 0.391 e. The van der Waals surface area contributed by atoms with Gasteiger partial charge in [-0.15, -0.1) is 0 Å². The van der Waals surface area contributed by atoms with Crippen molar-refractivity contribution in [3.63, 3.8) is 0 Å². The molecule has 0 radical (unpaired) electrons. The Hall–Kier alpha value is -1.38. The zero-order valence-electron chi connectivity index (χ0n) is 17.7. The number of nitrogens with zero attached hydrogens (tertiary/aromatic N) is 2. The number of carbonyl (C=O) groups is 1. The fourth-order valence-corrected chi connectivity index (χ4v) is 9.58. The van der Waals surface area contributed by atoms with Crippen molar-refractivity contribution in [2.75, 3.05) is 19.6 Å². The Labute approximate surface area is 196 Å². The van der Waals surface area contributed by atoms with E-state index < -0.39 is 56.9 Å². The molecule has 13 heteroatoms. The van der Waals surface area contributed by atoms with Gasteiger partial charge in [-0.05, 0) is 54.9 Å². The molecule has 9 nitrogen and oxygen atoms in total. The van der Waals surface area contributed by atoms with E-state index in [-0.39, 0.29) is 36.2 Å². The topological polar surface area (TPSA) is 124 Å². The van der Waals surface area contributed by atoms with Crippen molar-refractivity contribution in [2.24, 2.45) is 17.8 Å². The fourth-order valence-electron chi connectivity index (χ4n) is 5.86. The van der Waals surface area contributed by atoms with Crippen molar-refractivity contribution in [1.82, 2.24) is 13.3 Å². The maximum atomic E-state index is 15.7. The third-order valence-corrected chi connectivity index (χ3v) is 11.6. The van der Waals surface area contributed by atoms with Gasteiger partial charge in [0.25, 0.3) is 0 Å². The molecule has 1 aromatic heterocycles. The van der Waals surface area contributed by atoms with Crippen molar-refractivity contribution in [3.8, 4) is 0 Å². The summed E-state index contributed by atoms with van der Waals surface area (Å²) in [4.78, 5) is 11.9. The zero-order valence-corrected chi connectivity index (χ0v) is 20.2. The Bertz CT molecular complexity index is 1170. The lowest BCUT2D eigenvalue weighted by Crippen LogP contribution is -2.58. The van der Waals surface area contributed by atoms with Crippen LogP contribution in [-0.2, 0) is 25.0 Å². The molecule has 1 saturated heterocycles. The number of aliphatic hydroxyl groups is 1. The predicted molar refractivity (Wildman–Crippen MR) is 119 cm³/mol. The Kier molecular flexibility index (Phi) is 5.93. The third kappa shape index (κ3) is 4.06. The van der Waals surface area contributed by atoms with Crippen LogP contribution in [0.5, 0.6) is 0 Å². The van der Waals surface area contributed by atoms with Gasteiger partial charge >= 0.3 is 10.2 Å². The number of amides is 1. The number of halogens is 1. The van der Waals surface area contributed by atoms with Crippen LogP contribution in [0, 0.1) is 17.8 Å². The van der Waals surface area contributed by atoms with Crippen molar-refractivity contribution in [1.29, 1.82) is 0 Å². The molecule has 2 N–H and O–H groups in total. The molecule has 3 fully saturated rings. The van der Waals surface area contributed by atoms with E-state index >= 15 is 4.39 Å². The Balaban J connectivity index is 1.30. The van der Waals surface area contributed by atoms with Crippen LogP contribution in [0.4, 0.5) is 4.39 Å². The summed E-state index contributed by atoms with van der Waals surface area (Å²) in [6, 6.07) is 0.276. The fraction of sp³-hybridized carbons (Fsp3) is 0.650. The van der Waals surface area contributed by atoms with E-state index in [1.165, 1.54) is 15.6 Å². The minimum Gasteiger partial charge on any atom is -0.391 e. The Morgan fingerprint density at radius 2 is 2.00 bits per heavy atom. The van der Waals surface area contributed by atoms with Gasteiger partial charge in [0.2, 0.25) is 15.9 Å². The van der Waals surface area contributed by atoms with E-state index in [0.717, 1.165) is 16.3 Å². The number of nitrogens with one attached hydrogen (secondary N) is 1.